The van der Waals surface area contributed by atoms with Crippen LogP contribution in [0.3, 0.4) is 0 Å². The van der Waals surface area contributed by atoms with Gasteiger partial charge in [-0.2, -0.15) is 0 Å². The maximum Gasteiger partial charge on any atom is 0.131 e. The summed E-state index contributed by atoms with van der Waals surface area (Å²) in [6, 6.07) is 2.09. The van der Waals surface area contributed by atoms with Gasteiger partial charge in [-0.3, -0.25) is 0 Å². The molecule has 1 aliphatic carbocycles. The summed E-state index contributed by atoms with van der Waals surface area (Å²) in [5.41, 5.74) is 2.23. The Morgan fingerprint density at radius 1 is 1.35 bits per heavy atom. The zero-order valence-corrected chi connectivity index (χ0v) is 11.2. The molecule has 1 saturated carbocycles. The van der Waals surface area contributed by atoms with E-state index in [1.54, 1.807) is 0 Å². The molecule has 0 saturated heterocycles. The molecule has 0 bridgehead atoms. The van der Waals surface area contributed by atoms with Gasteiger partial charge in [0, 0.05) is 18.2 Å². The summed E-state index contributed by atoms with van der Waals surface area (Å²) in [4.78, 5) is 9.33. The Hall–Kier alpha value is -0.960. The second kappa shape index (κ2) is 5.58. The Balaban J connectivity index is 2.13. The molecule has 2 unspecified atom stereocenters. The largest absolute Gasteiger partial charge is 0.311 e. The topological polar surface area (TPSA) is 37.8 Å². The lowest BCUT2D eigenvalue weighted by Crippen LogP contribution is -2.15. The average molecular weight is 233 g/mol. The molecular formula is C14H23N3. The molecule has 0 amide bonds. The van der Waals surface area contributed by atoms with Gasteiger partial charge < -0.3 is 5.32 Å². The molecule has 1 aromatic rings. The van der Waals surface area contributed by atoms with Gasteiger partial charge in [-0.05, 0) is 44.7 Å². The van der Waals surface area contributed by atoms with Crippen molar-refractivity contribution in [2.24, 2.45) is 5.92 Å². The van der Waals surface area contributed by atoms with Crippen molar-refractivity contribution in [2.75, 3.05) is 6.54 Å². The van der Waals surface area contributed by atoms with Crippen molar-refractivity contribution in [3.8, 4) is 0 Å². The highest BCUT2D eigenvalue weighted by Crippen LogP contribution is 2.36. The van der Waals surface area contributed by atoms with E-state index in [1.165, 1.54) is 19.3 Å². The Labute approximate surface area is 104 Å². The van der Waals surface area contributed by atoms with E-state index in [9.17, 15) is 0 Å². The monoisotopic (exact) mass is 233 g/mol. The summed E-state index contributed by atoms with van der Waals surface area (Å²) in [7, 11) is 0. The molecular weight excluding hydrogens is 210 g/mol. The maximum atomic E-state index is 4.71. The highest BCUT2D eigenvalue weighted by molar-refractivity contribution is 5.13. The minimum absolute atomic E-state index is 0.588. The summed E-state index contributed by atoms with van der Waals surface area (Å²) in [5.74, 6) is 2.49. The van der Waals surface area contributed by atoms with Crippen LogP contribution in [0.5, 0.6) is 0 Å². The van der Waals surface area contributed by atoms with Crippen LogP contribution in [0.15, 0.2) is 6.07 Å². The van der Waals surface area contributed by atoms with Crippen molar-refractivity contribution in [3.63, 3.8) is 0 Å². The second-order valence-corrected chi connectivity index (χ2v) is 5.25. The van der Waals surface area contributed by atoms with E-state index in [2.05, 4.69) is 37.1 Å². The van der Waals surface area contributed by atoms with Crippen LogP contribution in [-0.4, -0.2) is 16.5 Å². The van der Waals surface area contributed by atoms with Crippen molar-refractivity contribution < 1.29 is 0 Å². The molecule has 17 heavy (non-hydrogen) atoms. The highest BCUT2D eigenvalue weighted by Gasteiger charge is 2.25. The van der Waals surface area contributed by atoms with E-state index in [0.29, 0.717) is 5.92 Å². The zero-order valence-electron chi connectivity index (χ0n) is 11.2. The van der Waals surface area contributed by atoms with Gasteiger partial charge >= 0.3 is 0 Å². The molecule has 3 nitrogen and oxygen atoms in total. The van der Waals surface area contributed by atoms with Gasteiger partial charge in [-0.1, -0.05) is 13.8 Å². The molecule has 1 heterocycles. The van der Waals surface area contributed by atoms with Crippen molar-refractivity contribution >= 4 is 0 Å². The number of nitrogens with one attached hydrogen (secondary N) is 1. The van der Waals surface area contributed by atoms with Crippen molar-refractivity contribution in [1.82, 2.24) is 15.3 Å². The summed E-state index contributed by atoms with van der Waals surface area (Å²) in [6.45, 7) is 8.36. The Kier molecular flexibility index (Phi) is 4.11. The first-order chi connectivity index (χ1) is 8.19. The molecule has 0 radical (unpaired) electrons. The van der Waals surface area contributed by atoms with Crippen molar-refractivity contribution in [2.45, 2.75) is 52.5 Å². The summed E-state index contributed by atoms with van der Waals surface area (Å²) in [6.07, 6.45) is 3.83. The SMILES string of the molecule is CCNCc1cc(C)nc(C2CCC(C)C2)n1. The predicted molar refractivity (Wildman–Crippen MR) is 69.9 cm³/mol. The first kappa shape index (κ1) is 12.5. The molecule has 3 heteroatoms. The standard InChI is InChI=1S/C14H23N3/c1-4-15-9-13-8-11(3)16-14(17-13)12-6-5-10(2)7-12/h8,10,12,15H,4-7,9H2,1-3H3. The third-order valence-corrected chi connectivity index (χ3v) is 3.54. The van der Waals surface area contributed by atoms with Crippen molar-refractivity contribution in [3.05, 3.63) is 23.3 Å². The van der Waals surface area contributed by atoms with E-state index in [1.807, 2.05) is 0 Å². The fourth-order valence-corrected chi connectivity index (χ4v) is 2.63. The molecule has 2 rings (SSSR count). The van der Waals surface area contributed by atoms with E-state index in [4.69, 9.17) is 4.98 Å². The molecule has 0 aliphatic heterocycles. The fraction of sp³-hybridized carbons (Fsp3) is 0.714. The maximum absolute atomic E-state index is 4.71. The van der Waals surface area contributed by atoms with Crippen molar-refractivity contribution in [1.29, 1.82) is 0 Å². The van der Waals surface area contributed by atoms with Gasteiger partial charge in [0.15, 0.2) is 0 Å². The number of hydrogen-bond donors (Lipinski definition) is 1. The normalized spacial score (nSPS) is 24.2. The summed E-state index contributed by atoms with van der Waals surface area (Å²) >= 11 is 0. The van der Waals surface area contributed by atoms with E-state index in [0.717, 1.165) is 36.2 Å². The van der Waals surface area contributed by atoms with Gasteiger partial charge in [0.1, 0.15) is 5.82 Å². The quantitative estimate of drug-likeness (QED) is 0.869. The fourth-order valence-electron chi connectivity index (χ4n) is 2.63. The molecule has 1 N–H and O–H groups in total. The zero-order chi connectivity index (χ0) is 12.3. The minimum atomic E-state index is 0.588. The number of aryl methyl sites for hydroxylation is 1. The first-order valence-corrected chi connectivity index (χ1v) is 6.74. The number of nitrogens with zero attached hydrogens (tertiary/aromatic N) is 2. The summed E-state index contributed by atoms with van der Waals surface area (Å²) < 4.78 is 0. The van der Waals surface area contributed by atoms with Crippen LogP contribution >= 0.6 is 0 Å². The lowest BCUT2D eigenvalue weighted by Gasteiger charge is -2.11. The third kappa shape index (κ3) is 3.25. The van der Waals surface area contributed by atoms with Crippen LogP contribution in [0.25, 0.3) is 0 Å². The molecule has 1 aliphatic rings. The van der Waals surface area contributed by atoms with Gasteiger partial charge in [0.25, 0.3) is 0 Å². The second-order valence-electron chi connectivity index (χ2n) is 5.25. The first-order valence-electron chi connectivity index (χ1n) is 6.74. The number of hydrogen-bond acceptors (Lipinski definition) is 3. The Bertz CT molecular complexity index is 376. The van der Waals surface area contributed by atoms with Gasteiger partial charge in [0.2, 0.25) is 0 Å². The van der Waals surface area contributed by atoms with Crippen LogP contribution in [0.4, 0.5) is 0 Å². The lowest BCUT2D eigenvalue weighted by atomic mass is 10.1. The molecule has 2 atom stereocenters. The lowest BCUT2D eigenvalue weighted by molar-refractivity contribution is 0.580. The Morgan fingerprint density at radius 3 is 2.82 bits per heavy atom. The Morgan fingerprint density at radius 2 is 2.18 bits per heavy atom. The smallest absolute Gasteiger partial charge is 0.131 e. The van der Waals surface area contributed by atoms with Crippen LogP contribution in [-0.2, 0) is 6.54 Å². The van der Waals surface area contributed by atoms with Crippen LogP contribution in [0, 0.1) is 12.8 Å². The molecule has 0 aromatic carbocycles. The molecule has 1 aromatic heterocycles. The van der Waals surface area contributed by atoms with Crippen LogP contribution in [0.2, 0.25) is 0 Å². The van der Waals surface area contributed by atoms with Gasteiger partial charge in [-0.25, -0.2) is 9.97 Å². The number of aromatic nitrogens is 2. The molecule has 1 fully saturated rings. The van der Waals surface area contributed by atoms with E-state index in [-0.39, 0.29) is 0 Å². The van der Waals surface area contributed by atoms with E-state index < -0.39 is 0 Å². The van der Waals surface area contributed by atoms with Crippen LogP contribution < -0.4 is 5.32 Å². The average Bonchev–Trinajstić information content (AvgIpc) is 2.72. The molecule has 94 valence electrons. The number of rotatable bonds is 4. The highest BCUT2D eigenvalue weighted by atomic mass is 14.9. The van der Waals surface area contributed by atoms with Gasteiger partial charge in [0.05, 0.1) is 5.69 Å². The third-order valence-electron chi connectivity index (χ3n) is 3.54. The minimum Gasteiger partial charge on any atom is -0.311 e. The van der Waals surface area contributed by atoms with Crippen LogP contribution in [0.1, 0.15) is 56.2 Å². The predicted octanol–water partition coefficient (Wildman–Crippen LogP) is 2.80. The molecule has 0 spiro atoms. The van der Waals surface area contributed by atoms with Gasteiger partial charge in [-0.15, -0.1) is 0 Å². The summed E-state index contributed by atoms with van der Waals surface area (Å²) in [5, 5.41) is 3.33. The van der Waals surface area contributed by atoms with E-state index >= 15 is 0 Å².